The average molecular weight is 495 g/mol. The highest BCUT2D eigenvalue weighted by Crippen LogP contribution is 2.50. The van der Waals surface area contributed by atoms with Crippen LogP contribution in [0.5, 0.6) is 23.0 Å². The van der Waals surface area contributed by atoms with Crippen molar-refractivity contribution in [3.05, 3.63) is 68.9 Å². The van der Waals surface area contributed by atoms with Gasteiger partial charge in [-0.15, -0.1) is 0 Å². The van der Waals surface area contributed by atoms with Crippen LogP contribution in [-0.2, 0) is 11.2 Å². The third-order valence-electron chi connectivity index (χ3n) is 6.49. The molecule has 2 aromatic carbocycles. The normalized spacial score (nSPS) is 14.8. The van der Waals surface area contributed by atoms with Crippen LogP contribution >= 0.6 is 0 Å². The standard InChI is InChI=1S/C30H38O6/c1-19(2)9-8-10-20(3)15-16-36-25-13-11-21-17-27(33-5)29(34-6)30(35-7)28(21)22-12-14-26(32-4)24(31)18-23(22)25/h9,12,14-15,17-18,25H,8,10-11,13,16H2,1-7H3/b20-15+/t25-/m0/s1. The SMILES string of the molecule is COc1cc2c(c(OC)c1OC)-c1ccc(OC)c(=O)cc1[C@@H](OC/C=C(\C)CCC=C(C)C)CC2. The molecule has 1 aliphatic carbocycles. The lowest BCUT2D eigenvalue weighted by Crippen LogP contribution is -2.08. The van der Waals surface area contributed by atoms with Gasteiger partial charge in [-0.1, -0.05) is 29.4 Å². The lowest BCUT2D eigenvalue weighted by atomic mass is 9.96. The molecule has 0 saturated carbocycles. The number of aryl methyl sites for hydroxylation is 1. The van der Waals surface area contributed by atoms with Gasteiger partial charge in [-0.25, -0.2) is 0 Å². The van der Waals surface area contributed by atoms with Crippen molar-refractivity contribution < 1.29 is 23.7 Å². The Hall–Kier alpha value is -3.25. The largest absolute Gasteiger partial charge is 0.493 e. The number of allylic oxidation sites excluding steroid dienone is 3. The first-order chi connectivity index (χ1) is 17.3. The van der Waals surface area contributed by atoms with Crippen molar-refractivity contribution in [1.29, 1.82) is 0 Å². The first-order valence-electron chi connectivity index (χ1n) is 12.3. The van der Waals surface area contributed by atoms with Crippen LogP contribution in [0.25, 0.3) is 11.1 Å². The number of hydrogen-bond donors (Lipinski definition) is 0. The molecular formula is C30H38O6. The number of methoxy groups -OCH3 is 4. The monoisotopic (exact) mass is 494 g/mol. The summed E-state index contributed by atoms with van der Waals surface area (Å²) in [5.41, 5.74) is 6.01. The van der Waals surface area contributed by atoms with Crippen molar-refractivity contribution in [1.82, 2.24) is 0 Å². The van der Waals surface area contributed by atoms with E-state index in [1.54, 1.807) is 33.5 Å². The van der Waals surface area contributed by atoms with E-state index in [1.165, 1.54) is 18.3 Å². The van der Waals surface area contributed by atoms with Crippen LogP contribution < -0.4 is 24.4 Å². The molecule has 0 saturated heterocycles. The third kappa shape index (κ3) is 6.11. The Labute approximate surface area is 214 Å². The van der Waals surface area contributed by atoms with E-state index in [-0.39, 0.29) is 17.3 Å². The van der Waals surface area contributed by atoms with Crippen molar-refractivity contribution in [2.45, 2.75) is 52.6 Å². The minimum Gasteiger partial charge on any atom is -0.493 e. The molecule has 194 valence electrons. The molecule has 0 N–H and O–H groups in total. The molecule has 36 heavy (non-hydrogen) atoms. The average Bonchev–Trinajstić information content (AvgIpc) is 3.10. The maximum Gasteiger partial charge on any atom is 0.220 e. The van der Waals surface area contributed by atoms with Crippen LogP contribution in [0.2, 0.25) is 0 Å². The summed E-state index contributed by atoms with van der Waals surface area (Å²) in [6.07, 6.45) is 7.54. The first-order valence-corrected chi connectivity index (χ1v) is 12.3. The summed E-state index contributed by atoms with van der Waals surface area (Å²) in [4.78, 5) is 13.0. The fourth-order valence-corrected chi connectivity index (χ4v) is 4.60. The van der Waals surface area contributed by atoms with E-state index in [0.29, 0.717) is 30.3 Å². The first kappa shape index (κ1) is 27.3. The molecule has 1 aliphatic rings. The molecule has 6 nitrogen and oxygen atoms in total. The molecule has 0 heterocycles. The Morgan fingerprint density at radius 3 is 2.28 bits per heavy atom. The fraction of sp³-hybridized carbons (Fsp3) is 0.433. The predicted octanol–water partition coefficient (Wildman–Crippen LogP) is 6.44. The van der Waals surface area contributed by atoms with Gasteiger partial charge in [0.15, 0.2) is 17.2 Å². The molecule has 0 spiro atoms. The molecule has 0 bridgehead atoms. The predicted molar refractivity (Wildman–Crippen MR) is 144 cm³/mol. The van der Waals surface area contributed by atoms with Gasteiger partial charge < -0.3 is 23.7 Å². The molecule has 6 heteroatoms. The Bertz CT molecular complexity index is 1190. The minimum atomic E-state index is -0.277. The minimum absolute atomic E-state index is 0.191. The molecule has 3 rings (SSSR count). The highest BCUT2D eigenvalue weighted by atomic mass is 16.5. The van der Waals surface area contributed by atoms with Crippen LogP contribution in [0.1, 0.15) is 57.3 Å². The van der Waals surface area contributed by atoms with E-state index in [4.69, 9.17) is 23.7 Å². The summed E-state index contributed by atoms with van der Waals surface area (Å²) in [5, 5.41) is 0. The van der Waals surface area contributed by atoms with Gasteiger partial charge in [0.25, 0.3) is 0 Å². The Morgan fingerprint density at radius 1 is 0.917 bits per heavy atom. The number of hydrogen-bond acceptors (Lipinski definition) is 6. The van der Waals surface area contributed by atoms with E-state index >= 15 is 0 Å². The van der Waals surface area contributed by atoms with Crippen molar-refractivity contribution in [3.8, 4) is 34.1 Å². The molecule has 2 aromatic rings. The molecule has 1 atom stereocenters. The van der Waals surface area contributed by atoms with Crippen molar-refractivity contribution in [3.63, 3.8) is 0 Å². The Morgan fingerprint density at radius 2 is 1.64 bits per heavy atom. The smallest absolute Gasteiger partial charge is 0.220 e. The van der Waals surface area contributed by atoms with Crippen molar-refractivity contribution in [2.75, 3.05) is 35.0 Å². The van der Waals surface area contributed by atoms with Crippen LogP contribution in [0.3, 0.4) is 0 Å². The topological polar surface area (TPSA) is 63.2 Å². The zero-order valence-corrected chi connectivity index (χ0v) is 22.5. The molecule has 0 aromatic heterocycles. The second-order valence-corrected chi connectivity index (χ2v) is 9.19. The van der Waals surface area contributed by atoms with Gasteiger partial charge in [-0.2, -0.15) is 0 Å². The van der Waals surface area contributed by atoms with E-state index in [0.717, 1.165) is 41.5 Å². The van der Waals surface area contributed by atoms with Gasteiger partial charge in [-0.05, 0) is 81.3 Å². The number of benzene rings is 1. The van der Waals surface area contributed by atoms with E-state index in [9.17, 15) is 4.79 Å². The zero-order valence-electron chi connectivity index (χ0n) is 22.5. The quantitative estimate of drug-likeness (QED) is 0.354. The molecule has 0 aliphatic heterocycles. The van der Waals surface area contributed by atoms with Gasteiger partial charge in [-0.3, -0.25) is 4.79 Å². The van der Waals surface area contributed by atoms with Gasteiger partial charge >= 0.3 is 0 Å². The lowest BCUT2D eigenvalue weighted by molar-refractivity contribution is 0.0683. The van der Waals surface area contributed by atoms with Crippen molar-refractivity contribution >= 4 is 0 Å². The summed E-state index contributed by atoms with van der Waals surface area (Å²) in [7, 11) is 6.32. The summed E-state index contributed by atoms with van der Waals surface area (Å²) in [6.45, 7) is 6.82. The summed E-state index contributed by atoms with van der Waals surface area (Å²) in [6, 6.07) is 7.23. The maximum absolute atomic E-state index is 13.0. The number of ether oxygens (including phenoxy) is 5. The van der Waals surface area contributed by atoms with Gasteiger partial charge in [0.05, 0.1) is 41.2 Å². The van der Waals surface area contributed by atoms with E-state index < -0.39 is 0 Å². The van der Waals surface area contributed by atoms with Gasteiger partial charge in [0, 0.05) is 5.56 Å². The van der Waals surface area contributed by atoms with Crippen LogP contribution in [0.15, 0.2) is 52.4 Å². The molecule has 0 unspecified atom stereocenters. The summed E-state index contributed by atoms with van der Waals surface area (Å²) in [5.74, 6) is 1.96. The van der Waals surface area contributed by atoms with Crippen LogP contribution in [0.4, 0.5) is 0 Å². The second kappa shape index (κ2) is 12.6. The summed E-state index contributed by atoms with van der Waals surface area (Å²) >= 11 is 0. The Balaban J connectivity index is 2.08. The molecule has 0 fully saturated rings. The number of rotatable bonds is 10. The highest BCUT2D eigenvalue weighted by molar-refractivity contribution is 5.82. The molecule has 0 radical (unpaired) electrons. The number of fused-ring (bicyclic) bond motifs is 3. The van der Waals surface area contributed by atoms with Crippen LogP contribution in [-0.4, -0.2) is 35.0 Å². The highest BCUT2D eigenvalue weighted by Gasteiger charge is 2.29. The van der Waals surface area contributed by atoms with Gasteiger partial charge in [0.2, 0.25) is 11.2 Å². The van der Waals surface area contributed by atoms with Gasteiger partial charge in [0.1, 0.15) is 0 Å². The zero-order chi connectivity index (χ0) is 26.2. The van der Waals surface area contributed by atoms with E-state index in [1.807, 2.05) is 12.1 Å². The summed E-state index contributed by atoms with van der Waals surface area (Å²) < 4.78 is 28.8. The Kier molecular flexibility index (Phi) is 9.59. The molecular weight excluding hydrogens is 456 g/mol. The lowest BCUT2D eigenvalue weighted by Gasteiger charge is -2.19. The van der Waals surface area contributed by atoms with Crippen LogP contribution in [0, 0.1) is 0 Å². The maximum atomic E-state index is 13.0. The van der Waals surface area contributed by atoms with Crippen molar-refractivity contribution in [2.24, 2.45) is 0 Å². The second-order valence-electron chi connectivity index (χ2n) is 9.19. The fourth-order valence-electron chi connectivity index (χ4n) is 4.60. The third-order valence-corrected chi connectivity index (χ3v) is 6.49. The molecule has 0 amide bonds. The van der Waals surface area contributed by atoms with E-state index in [2.05, 4.69) is 32.9 Å².